The van der Waals surface area contributed by atoms with Gasteiger partial charge in [0.25, 0.3) is 5.91 Å². The molecule has 1 aromatic heterocycles. The van der Waals surface area contributed by atoms with Crippen LogP contribution in [0, 0.1) is 0 Å². The molecule has 0 radical (unpaired) electrons. The molecule has 1 amide bonds. The second kappa shape index (κ2) is 8.73. The Morgan fingerprint density at radius 3 is 2.69 bits per heavy atom. The zero-order chi connectivity index (χ0) is 16.5. The molecule has 26 heavy (non-hydrogen) atoms. The fraction of sp³-hybridized carbons (Fsp3) is 0.500. The van der Waals surface area contributed by atoms with Gasteiger partial charge in [-0.1, -0.05) is 6.07 Å². The lowest BCUT2D eigenvalue weighted by Crippen LogP contribution is -2.40. The Bertz CT molecular complexity index is 764. The number of benzene rings is 1. The molecule has 0 spiro atoms. The molecule has 2 aliphatic rings. The van der Waals surface area contributed by atoms with E-state index in [4.69, 9.17) is 5.73 Å². The first-order chi connectivity index (χ1) is 11.7. The summed E-state index contributed by atoms with van der Waals surface area (Å²) in [5.41, 5.74) is 7.12. The average Bonchev–Trinajstić information content (AvgIpc) is 3.05. The van der Waals surface area contributed by atoms with Crippen LogP contribution < -0.4 is 5.73 Å². The largest absolute Gasteiger partial charge is 0.399 e. The number of nitrogens with two attached hydrogens (primary N) is 1. The standard InChI is InChI=1S/C18H23N5O.2ClH/c19-14-7-5-6-13(12-14)18(24)22-10-3-1-8-15(22)17-21-20-16-9-2-4-11-23(16)17;;/h5-7,12,15H,1-4,8-11,19H2;2*1H. The van der Waals surface area contributed by atoms with Gasteiger partial charge >= 0.3 is 0 Å². The molecule has 1 saturated heterocycles. The fourth-order valence-corrected chi connectivity index (χ4v) is 3.86. The summed E-state index contributed by atoms with van der Waals surface area (Å²) in [6, 6.07) is 7.25. The molecule has 3 heterocycles. The highest BCUT2D eigenvalue weighted by molar-refractivity contribution is 5.95. The number of hydrogen-bond acceptors (Lipinski definition) is 4. The third-order valence-corrected chi connectivity index (χ3v) is 5.08. The number of likely N-dealkylation sites (tertiary alicyclic amines) is 1. The summed E-state index contributed by atoms with van der Waals surface area (Å²) in [7, 11) is 0. The van der Waals surface area contributed by atoms with Crippen molar-refractivity contribution in [2.75, 3.05) is 12.3 Å². The summed E-state index contributed by atoms with van der Waals surface area (Å²) >= 11 is 0. The van der Waals surface area contributed by atoms with E-state index < -0.39 is 0 Å². The van der Waals surface area contributed by atoms with Crippen LogP contribution in [0.5, 0.6) is 0 Å². The minimum Gasteiger partial charge on any atom is -0.399 e. The molecule has 1 unspecified atom stereocenters. The number of fused-ring (bicyclic) bond motifs is 1. The predicted molar refractivity (Wildman–Crippen MR) is 106 cm³/mol. The number of anilines is 1. The summed E-state index contributed by atoms with van der Waals surface area (Å²) in [6.45, 7) is 1.73. The molecule has 8 heteroatoms. The van der Waals surface area contributed by atoms with Crippen molar-refractivity contribution in [3.8, 4) is 0 Å². The lowest BCUT2D eigenvalue weighted by atomic mass is 9.99. The van der Waals surface area contributed by atoms with Crippen LogP contribution in [0.3, 0.4) is 0 Å². The zero-order valence-corrected chi connectivity index (χ0v) is 16.3. The van der Waals surface area contributed by atoms with Crippen molar-refractivity contribution in [2.45, 2.75) is 51.1 Å². The van der Waals surface area contributed by atoms with Gasteiger partial charge in [-0.05, 0) is 50.3 Å². The van der Waals surface area contributed by atoms with Crippen LogP contribution in [0.1, 0.15) is 60.2 Å². The highest BCUT2D eigenvalue weighted by Crippen LogP contribution is 2.32. The van der Waals surface area contributed by atoms with E-state index in [1.807, 2.05) is 17.0 Å². The highest BCUT2D eigenvalue weighted by atomic mass is 35.5. The molecule has 2 aromatic rings. The summed E-state index contributed by atoms with van der Waals surface area (Å²) < 4.78 is 2.24. The van der Waals surface area contributed by atoms with Crippen LogP contribution in [-0.4, -0.2) is 32.1 Å². The molecule has 2 N–H and O–H groups in total. The number of nitrogen functional groups attached to an aromatic ring is 1. The number of halogens is 2. The second-order valence-electron chi connectivity index (χ2n) is 6.72. The Morgan fingerprint density at radius 2 is 1.88 bits per heavy atom. The third kappa shape index (κ3) is 3.81. The van der Waals surface area contributed by atoms with Crippen molar-refractivity contribution >= 4 is 36.4 Å². The second-order valence-corrected chi connectivity index (χ2v) is 6.72. The molecular formula is C18H25Cl2N5O. The van der Waals surface area contributed by atoms with Gasteiger partial charge in [-0.2, -0.15) is 0 Å². The molecule has 4 rings (SSSR count). The molecule has 1 fully saturated rings. The van der Waals surface area contributed by atoms with Crippen LogP contribution in [0.2, 0.25) is 0 Å². The van der Waals surface area contributed by atoms with Crippen LogP contribution in [0.4, 0.5) is 5.69 Å². The van der Waals surface area contributed by atoms with Crippen molar-refractivity contribution < 1.29 is 4.79 Å². The monoisotopic (exact) mass is 397 g/mol. The minimum atomic E-state index is 0. The molecule has 0 saturated carbocycles. The van der Waals surface area contributed by atoms with Crippen molar-refractivity contribution in [2.24, 2.45) is 0 Å². The Kier molecular flexibility index (Phi) is 6.89. The van der Waals surface area contributed by atoms with Gasteiger partial charge in [0.2, 0.25) is 0 Å². The van der Waals surface area contributed by atoms with Crippen molar-refractivity contribution in [3.05, 3.63) is 41.5 Å². The molecule has 1 atom stereocenters. The van der Waals surface area contributed by atoms with Gasteiger partial charge in [0, 0.05) is 30.8 Å². The molecule has 142 valence electrons. The molecule has 2 aliphatic heterocycles. The molecular weight excluding hydrogens is 373 g/mol. The van der Waals surface area contributed by atoms with Crippen LogP contribution in [0.15, 0.2) is 24.3 Å². The first kappa shape index (κ1) is 20.5. The van der Waals surface area contributed by atoms with Gasteiger partial charge in [-0.15, -0.1) is 35.0 Å². The van der Waals surface area contributed by atoms with Crippen LogP contribution >= 0.6 is 24.8 Å². The summed E-state index contributed by atoms with van der Waals surface area (Å²) in [5, 5.41) is 8.83. The summed E-state index contributed by atoms with van der Waals surface area (Å²) in [6.07, 6.45) is 6.43. The van der Waals surface area contributed by atoms with Crippen LogP contribution in [0.25, 0.3) is 0 Å². The topological polar surface area (TPSA) is 77.0 Å². The van der Waals surface area contributed by atoms with E-state index in [1.54, 1.807) is 12.1 Å². The first-order valence-electron chi connectivity index (χ1n) is 8.82. The number of nitrogens with zero attached hydrogens (tertiary/aromatic N) is 4. The van der Waals surface area contributed by atoms with E-state index in [0.29, 0.717) is 11.3 Å². The van der Waals surface area contributed by atoms with Gasteiger partial charge in [-0.3, -0.25) is 4.79 Å². The third-order valence-electron chi connectivity index (χ3n) is 5.08. The smallest absolute Gasteiger partial charge is 0.254 e. The SMILES string of the molecule is Cl.Cl.Nc1cccc(C(=O)N2CCCCC2c2nnc3n2CCCC3)c1. The molecule has 0 bridgehead atoms. The number of carbonyl (C=O) groups excluding carboxylic acids is 1. The Labute approximate surface area is 166 Å². The van der Waals surface area contributed by atoms with Crippen LogP contribution in [-0.2, 0) is 13.0 Å². The number of hydrogen-bond donors (Lipinski definition) is 1. The van der Waals surface area contributed by atoms with E-state index in [1.165, 1.54) is 6.42 Å². The maximum atomic E-state index is 13.0. The Morgan fingerprint density at radius 1 is 1.08 bits per heavy atom. The lowest BCUT2D eigenvalue weighted by Gasteiger charge is -2.35. The summed E-state index contributed by atoms with van der Waals surface area (Å²) in [5.74, 6) is 2.07. The van der Waals surface area contributed by atoms with E-state index in [9.17, 15) is 4.79 Å². The summed E-state index contributed by atoms with van der Waals surface area (Å²) in [4.78, 5) is 15.0. The molecule has 1 aromatic carbocycles. The lowest BCUT2D eigenvalue weighted by molar-refractivity contribution is 0.0593. The number of aromatic nitrogens is 3. The van der Waals surface area contributed by atoms with E-state index in [-0.39, 0.29) is 36.8 Å². The number of piperidine rings is 1. The van der Waals surface area contributed by atoms with E-state index in [2.05, 4.69) is 14.8 Å². The van der Waals surface area contributed by atoms with Gasteiger partial charge in [0.1, 0.15) is 5.82 Å². The highest BCUT2D eigenvalue weighted by Gasteiger charge is 2.33. The predicted octanol–water partition coefficient (Wildman–Crippen LogP) is 3.41. The maximum absolute atomic E-state index is 13.0. The van der Waals surface area contributed by atoms with Gasteiger partial charge in [0.05, 0.1) is 6.04 Å². The van der Waals surface area contributed by atoms with Crippen molar-refractivity contribution in [1.82, 2.24) is 19.7 Å². The molecule has 6 nitrogen and oxygen atoms in total. The Hall–Kier alpha value is -1.79. The van der Waals surface area contributed by atoms with Crippen molar-refractivity contribution in [3.63, 3.8) is 0 Å². The minimum absolute atomic E-state index is 0. The van der Waals surface area contributed by atoms with Gasteiger partial charge < -0.3 is 15.2 Å². The van der Waals surface area contributed by atoms with Gasteiger partial charge in [0.15, 0.2) is 5.82 Å². The maximum Gasteiger partial charge on any atom is 0.254 e. The molecule has 0 aliphatic carbocycles. The zero-order valence-electron chi connectivity index (χ0n) is 14.6. The van der Waals surface area contributed by atoms with Gasteiger partial charge in [-0.25, -0.2) is 0 Å². The Balaban J connectivity index is 0.00000121. The quantitative estimate of drug-likeness (QED) is 0.787. The van der Waals surface area contributed by atoms with E-state index in [0.717, 1.165) is 56.8 Å². The number of aryl methyl sites for hydroxylation is 1. The van der Waals surface area contributed by atoms with Crippen molar-refractivity contribution in [1.29, 1.82) is 0 Å². The number of carbonyl (C=O) groups is 1. The number of amides is 1. The number of rotatable bonds is 2. The average molecular weight is 398 g/mol. The normalized spacial score (nSPS) is 19.1. The van der Waals surface area contributed by atoms with E-state index >= 15 is 0 Å². The first-order valence-corrected chi connectivity index (χ1v) is 8.82. The fourth-order valence-electron chi connectivity index (χ4n) is 3.86.